The fourth-order valence-electron chi connectivity index (χ4n) is 2.27. The van der Waals surface area contributed by atoms with Gasteiger partial charge in [0.15, 0.2) is 0 Å². The molecule has 1 aliphatic heterocycles. The number of nitriles is 1. The van der Waals surface area contributed by atoms with Crippen molar-refractivity contribution >= 4 is 0 Å². The van der Waals surface area contributed by atoms with E-state index in [-0.39, 0.29) is 0 Å². The molecule has 0 amide bonds. The summed E-state index contributed by atoms with van der Waals surface area (Å²) in [5, 5.41) is 12.0. The molecule has 0 aromatic rings. The van der Waals surface area contributed by atoms with Crippen LogP contribution in [0.5, 0.6) is 0 Å². The third kappa shape index (κ3) is 0.819. The maximum absolute atomic E-state index is 8.65. The minimum Gasteiger partial charge on any atom is -0.316 e. The van der Waals surface area contributed by atoms with Gasteiger partial charge in [-0.05, 0) is 37.8 Å². The zero-order valence-corrected chi connectivity index (χ0v) is 6.01. The zero-order chi connectivity index (χ0) is 6.97. The van der Waals surface area contributed by atoms with Gasteiger partial charge in [0.25, 0.3) is 0 Å². The average Bonchev–Trinajstić information content (AvgIpc) is 2.42. The Hall–Kier alpha value is -0.550. The van der Waals surface area contributed by atoms with Crippen molar-refractivity contribution < 1.29 is 0 Å². The van der Waals surface area contributed by atoms with Crippen LogP contribution in [0.2, 0.25) is 0 Å². The van der Waals surface area contributed by atoms with Gasteiger partial charge in [0, 0.05) is 5.92 Å². The Balaban J connectivity index is 2.01. The predicted molar refractivity (Wildman–Crippen MR) is 38.2 cm³/mol. The van der Waals surface area contributed by atoms with Crippen molar-refractivity contribution in [2.75, 3.05) is 13.1 Å². The number of fused-ring (bicyclic) bond motifs is 1. The van der Waals surface area contributed by atoms with Gasteiger partial charge in [-0.1, -0.05) is 0 Å². The van der Waals surface area contributed by atoms with E-state index in [2.05, 4.69) is 11.4 Å². The quantitative estimate of drug-likeness (QED) is 0.533. The van der Waals surface area contributed by atoms with Crippen molar-refractivity contribution in [2.45, 2.75) is 12.8 Å². The largest absolute Gasteiger partial charge is 0.316 e. The molecule has 3 atom stereocenters. The van der Waals surface area contributed by atoms with Gasteiger partial charge in [0.05, 0.1) is 6.07 Å². The van der Waals surface area contributed by atoms with E-state index in [1.807, 2.05) is 0 Å². The Morgan fingerprint density at radius 2 is 1.80 bits per heavy atom. The molecular formula is C8H12N2. The lowest BCUT2D eigenvalue weighted by Crippen LogP contribution is -2.11. The van der Waals surface area contributed by atoms with Gasteiger partial charge in [-0.15, -0.1) is 0 Å². The van der Waals surface area contributed by atoms with Gasteiger partial charge in [0.2, 0.25) is 0 Å². The molecule has 0 radical (unpaired) electrons. The maximum atomic E-state index is 8.65. The first-order valence-electron chi connectivity index (χ1n) is 4.00. The summed E-state index contributed by atoms with van der Waals surface area (Å²) in [5.74, 6) is 2.02. The molecule has 2 aliphatic rings. The highest BCUT2D eigenvalue weighted by Crippen LogP contribution is 2.37. The minimum absolute atomic E-state index is 0.372. The Morgan fingerprint density at radius 3 is 2.30 bits per heavy atom. The van der Waals surface area contributed by atoms with E-state index in [0.717, 1.165) is 37.8 Å². The first kappa shape index (κ1) is 6.18. The van der Waals surface area contributed by atoms with Crippen LogP contribution in [0.4, 0.5) is 0 Å². The molecule has 1 saturated carbocycles. The summed E-state index contributed by atoms with van der Waals surface area (Å²) >= 11 is 0. The Bertz CT molecular complexity index is 159. The van der Waals surface area contributed by atoms with Crippen molar-refractivity contribution in [1.29, 1.82) is 5.26 Å². The van der Waals surface area contributed by atoms with Crippen LogP contribution in [0, 0.1) is 29.1 Å². The number of nitrogens with one attached hydrogen (secondary N) is 1. The molecule has 0 bridgehead atoms. The van der Waals surface area contributed by atoms with E-state index in [0.29, 0.717) is 5.92 Å². The molecule has 0 spiro atoms. The van der Waals surface area contributed by atoms with Gasteiger partial charge in [0.1, 0.15) is 0 Å². The summed E-state index contributed by atoms with van der Waals surface area (Å²) in [4.78, 5) is 0. The van der Waals surface area contributed by atoms with Crippen molar-refractivity contribution in [2.24, 2.45) is 17.8 Å². The molecular weight excluding hydrogens is 124 g/mol. The standard InChI is InChI=1S/C8H12N2/c9-3-6-1-7-4-10-5-8(7)2-6/h6-8,10H,1-2,4-5H2/t6?,7-,8+. The van der Waals surface area contributed by atoms with Crippen molar-refractivity contribution in [3.8, 4) is 6.07 Å². The Labute approximate surface area is 61.2 Å². The number of rotatable bonds is 0. The fraction of sp³-hybridized carbons (Fsp3) is 0.875. The topological polar surface area (TPSA) is 35.8 Å². The van der Waals surface area contributed by atoms with E-state index in [9.17, 15) is 0 Å². The summed E-state index contributed by atoms with van der Waals surface area (Å²) in [6, 6.07) is 2.36. The van der Waals surface area contributed by atoms with Crippen molar-refractivity contribution in [1.82, 2.24) is 5.32 Å². The zero-order valence-electron chi connectivity index (χ0n) is 6.01. The van der Waals surface area contributed by atoms with Gasteiger partial charge < -0.3 is 5.32 Å². The van der Waals surface area contributed by atoms with E-state index in [4.69, 9.17) is 5.26 Å². The third-order valence-electron chi connectivity index (χ3n) is 2.84. The molecule has 2 heteroatoms. The lowest BCUT2D eigenvalue weighted by molar-refractivity contribution is 0.494. The van der Waals surface area contributed by atoms with Crippen LogP contribution in [0.25, 0.3) is 0 Å². The summed E-state index contributed by atoms with van der Waals surface area (Å²) in [6.45, 7) is 2.31. The molecule has 1 unspecified atom stereocenters. The normalized spacial score (nSPS) is 44.9. The molecule has 0 aromatic carbocycles. The molecule has 54 valence electrons. The molecule has 1 aliphatic carbocycles. The second-order valence-electron chi connectivity index (χ2n) is 3.48. The lowest BCUT2D eigenvalue weighted by Gasteiger charge is -2.02. The average molecular weight is 136 g/mol. The SMILES string of the molecule is N#CC1C[C@H]2CNC[C@H]2C1. The van der Waals surface area contributed by atoms with Crippen molar-refractivity contribution in [3.05, 3.63) is 0 Å². The second-order valence-corrected chi connectivity index (χ2v) is 3.48. The van der Waals surface area contributed by atoms with E-state index >= 15 is 0 Å². The molecule has 0 aromatic heterocycles. The highest BCUT2D eigenvalue weighted by atomic mass is 14.9. The Kier molecular flexibility index (Phi) is 1.39. The van der Waals surface area contributed by atoms with Crippen molar-refractivity contribution in [3.63, 3.8) is 0 Å². The van der Waals surface area contributed by atoms with E-state index in [1.54, 1.807) is 0 Å². The summed E-state index contributed by atoms with van der Waals surface area (Å²) in [5.41, 5.74) is 0. The van der Waals surface area contributed by atoms with E-state index in [1.165, 1.54) is 0 Å². The Morgan fingerprint density at radius 1 is 1.20 bits per heavy atom. The van der Waals surface area contributed by atoms with Crippen LogP contribution in [-0.4, -0.2) is 13.1 Å². The van der Waals surface area contributed by atoms with Gasteiger partial charge in [-0.25, -0.2) is 0 Å². The molecule has 2 rings (SSSR count). The van der Waals surface area contributed by atoms with Crippen LogP contribution in [0.15, 0.2) is 0 Å². The maximum Gasteiger partial charge on any atom is 0.0656 e. The highest BCUT2D eigenvalue weighted by Gasteiger charge is 2.36. The summed E-state index contributed by atoms with van der Waals surface area (Å²) in [7, 11) is 0. The first-order chi connectivity index (χ1) is 4.90. The molecule has 1 N–H and O–H groups in total. The van der Waals surface area contributed by atoms with Crippen LogP contribution in [0.1, 0.15) is 12.8 Å². The summed E-state index contributed by atoms with van der Waals surface area (Å²) < 4.78 is 0. The third-order valence-corrected chi connectivity index (χ3v) is 2.84. The monoisotopic (exact) mass is 136 g/mol. The highest BCUT2D eigenvalue weighted by molar-refractivity contribution is 4.98. The van der Waals surface area contributed by atoms with Crippen LogP contribution < -0.4 is 5.32 Å². The fourth-order valence-corrected chi connectivity index (χ4v) is 2.27. The smallest absolute Gasteiger partial charge is 0.0656 e. The first-order valence-corrected chi connectivity index (χ1v) is 4.00. The van der Waals surface area contributed by atoms with Gasteiger partial charge >= 0.3 is 0 Å². The van der Waals surface area contributed by atoms with Gasteiger partial charge in [-0.2, -0.15) is 5.26 Å². The molecule has 1 heterocycles. The van der Waals surface area contributed by atoms with Crippen LogP contribution in [0.3, 0.4) is 0 Å². The number of hydrogen-bond donors (Lipinski definition) is 1. The molecule has 2 nitrogen and oxygen atoms in total. The number of nitrogens with zero attached hydrogens (tertiary/aromatic N) is 1. The van der Waals surface area contributed by atoms with Crippen LogP contribution in [-0.2, 0) is 0 Å². The molecule has 1 saturated heterocycles. The number of hydrogen-bond acceptors (Lipinski definition) is 2. The molecule has 10 heavy (non-hydrogen) atoms. The molecule has 2 fully saturated rings. The summed E-state index contributed by atoms with van der Waals surface area (Å²) in [6.07, 6.45) is 2.29. The van der Waals surface area contributed by atoms with E-state index < -0.39 is 0 Å². The second kappa shape index (κ2) is 2.25. The minimum atomic E-state index is 0.372. The van der Waals surface area contributed by atoms with Crippen LogP contribution >= 0.6 is 0 Å². The predicted octanol–water partition coefficient (Wildman–Crippen LogP) is 0.756. The van der Waals surface area contributed by atoms with Gasteiger partial charge in [-0.3, -0.25) is 0 Å². The lowest BCUT2D eigenvalue weighted by atomic mass is 10.0.